The number of aliphatic hydroxyl groups excluding tert-OH is 1. The molecular weight excluding hydrogens is 651 g/mol. The van der Waals surface area contributed by atoms with Crippen LogP contribution in [-0.4, -0.2) is 94.7 Å². The molecule has 3 amide bonds. The summed E-state index contributed by atoms with van der Waals surface area (Å²) in [6.07, 6.45) is -1.07. The highest BCUT2D eigenvalue weighted by molar-refractivity contribution is 7.89. The van der Waals surface area contributed by atoms with Gasteiger partial charge in [0.2, 0.25) is 15.9 Å². The minimum atomic E-state index is -4.12. The standard InChI is InChI=1S/C35H47N5O6S2/c1-23(2)19-39(48(45,46)30-14-10-13-28(18-30)25(5)41)21-32(42)31(17-27-11-8-7-9-12-27)37-34(43)33(24(3)4)40-16-15-38(35(40)44)20-29-22-47-26(6)36-29/h7-14,18,22-24,31-33,42H,15-17,19-21H2,1-6H3,(H,37,43)/t31-,32+,33?/m0/s1. The summed E-state index contributed by atoms with van der Waals surface area (Å²) in [5, 5.41) is 17.6. The van der Waals surface area contributed by atoms with Gasteiger partial charge in [0.25, 0.3) is 0 Å². The zero-order valence-electron chi connectivity index (χ0n) is 28.5. The number of Topliss-reactive ketones (excluding diaryl/α,β-unsaturated/α-hetero) is 1. The molecule has 13 heteroatoms. The minimum Gasteiger partial charge on any atom is -0.390 e. The lowest BCUT2D eigenvalue weighted by molar-refractivity contribution is -0.128. The number of aromatic nitrogens is 1. The maximum Gasteiger partial charge on any atom is 0.321 e. The molecule has 1 fully saturated rings. The van der Waals surface area contributed by atoms with Crippen LogP contribution in [0.1, 0.15) is 61.2 Å². The summed E-state index contributed by atoms with van der Waals surface area (Å²) in [6, 6.07) is 13.3. The van der Waals surface area contributed by atoms with Crippen LogP contribution in [0.15, 0.2) is 64.9 Å². The van der Waals surface area contributed by atoms with E-state index in [1.165, 1.54) is 40.8 Å². The number of hydrogen-bond acceptors (Lipinski definition) is 8. The van der Waals surface area contributed by atoms with Crippen molar-refractivity contribution >= 4 is 39.1 Å². The fourth-order valence-electron chi connectivity index (χ4n) is 5.94. The van der Waals surface area contributed by atoms with Crippen LogP contribution in [0.25, 0.3) is 0 Å². The molecule has 0 saturated carbocycles. The second-order valence-corrected chi connectivity index (χ2v) is 16.1. The van der Waals surface area contributed by atoms with Crippen LogP contribution in [0.2, 0.25) is 0 Å². The number of nitrogens with zero attached hydrogens (tertiary/aromatic N) is 4. The van der Waals surface area contributed by atoms with E-state index in [0.29, 0.717) is 19.6 Å². The summed E-state index contributed by atoms with van der Waals surface area (Å²) in [7, 11) is -4.12. The van der Waals surface area contributed by atoms with E-state index in [0.717, 1.165) is 16.3 Å². The Morgan fingerprint density at radius 3 is 2.35 bits per heavy atom. The van der Waals surface area contributed by atoms with Crippen molar-refractivity contribution in [2.75, 3.05) is 26.2 Å². The summed E-state index contributed by atoms with van der Waals surface area (Å²) >= 11 is 1.52. The number of nitrogens with one attached hydrogen (secondary N) is 1. The molecule has 2 N–H and O–H groups in total. The average Bonchev–Trinajstić information content (AvgIpc) is 3.61. The van der Waals surface area contributed by atoms with Crippen LogP contribution in [0.5, 0.6) is 0 Å². The molecule has 2 aromatic carbocycles. The molecule has 1 aliphatic rings. The SMILES string of the molecule is CC(=O)c1cccc(S(=O)(=O)N(CC(C)C)C[C@@H](O)[C@H](Cc2ccccc2)NC(=O)C(C(C)C)N2CCN(Cc3csc(C)n3)C2=O)c1. The minimum absolute atomic E-state index is 0.0449. The molecule has 0 aliphatic carbocycles. The van der Waals surface area contributed by atoms with E-state index < -0.39 is 34.1 Å². The lowest BCUT2D eigenvalue weighted by Gasteiger charge is -2.34. The van der Waals surface area contributed by atoms with Crippen LogP contribution in [0, 0.1) is 18.8 Å². The number of carbonyl (C=O) groups is 3. The molecule has 4 rings (SSSR count). The van der Waals surface area contributed by atoms with Crippen molar-refractivity contribution in [3.8, 4) is 0 Å². The van der Waals surface area contributed by atoms with Crippen molar-refractivity contribution in [3.05, 3.63) is 81.8 Å². The first kappa shape index (κ1) is 37.2. The first-order chi connectivity index (χ1) is 22.7. The van der Waals surface area contributed by atoms with Gasteiger partial charge in [0, 0.05) is 37.1 Å². The Balaban J connectivity index is 1.58. The van der Waals surface area contributed by atoms with Crippen LogP contribution < -0.4 is 5.32 Å². The van der Waals surface area contributed by atoms with Crippen LogP contribution in [0.3, 0.4) is 0 Å². The van der Waals surface area contributed by atoms with Gasteiger partial charge in [-0.2, -0.15) is 4.31 Å². The largest absolute Gasteiger partial charge is 0.390 e. The van der Waals surface area contributed by atoms with E-state index in [9.17, 15) is 27.9 Å². The van der Waals surface area contributed by atoms with Gasteiger partial charge in [-0.3, -0.25) is 9.59 Å². The second-order valence-electron chi connectivity index (χ2n) is 13.1. The predicted molar refractivity (Wildman–Crippen MR) is 186 cm³/mol. The second kappa shape index (κ2) is 16.2. The Kier molecular flexibility index (Phi) is 12.5. The highest BCUT2D eigenvalue weighted by atomic mass is 32.2. The van der Waals surface area contributed by atoms with Gasteiger partial charge in [-0.1, -0.05) is 70.2 Å². The van der Waals surface area contributed by atoms with Gasteiger partial charge in [0.1, 0.15) is 6.04 Å². The number of aliphatic hydroxyl groups is 1. The number of urea groups is 1. The third kappa shape index (κ3) is 9.28. The van der Waals surface area contributed by atoms with Gasteiger partial charge in [0.15, 0.2) is 5.78 Å². The molecule has 260 valence electrons. The monoisotopic (exact) mass is 697 g/mol. The molecule has 1 saturated heterocycles. The summed E-state index contributed by atoms with van der Waals surface area (Å²) in [6.45, 7) is 11.8. The molecule has 1 aliphatic heterocycles. The Morgan fingerprint density at radius 1 is 1.04 bits per heavy atom. The van der Waals surface area contributed by atoms with Gasteiger partial charge >= 0.3 is 6.03 Å². The van der Waals surface area contributed by atoms with Crippen molar-refractivity contribution in [2.24, 2.45) is 11.8 Å². The molecule has 3 aromatic rings. The lowest BCUT2D eigenvalue weighted by Crippen LogP contribution is -2.57. The number of sulfonamides is 1. The Bertz CT molecular complexity index is 1680. The maximum absolute atomic E-state index is 14.1. The molecule has 0 radical (unpaired) electrons. The molecule has 1 aromatic heterocycles. The normalized spacial score (nSPS) is 15.8. The Labute approximate surface area is 288 Å². The van der Waals surface area contributed by atoms with Crippen LogP contribution in [-0.2, 0) is 27.8 Å². The van der Waals surface area contributed by atoms with Crippen molar-refractivity contribution in [1.29, 1.82) is 0 Å². The summed E-state index contributed by atoms with van der Waals surface area (Å²) in [4.78, 5) is 47.3. The van der Waals surface area contributed by atoms with Gasteiger partial charge in [-0.05, 0) is 49.8 Å². The number of carbonyl (C=O) groups excluding carboxylic acids is 3. The highest BCUT2D eigenvalue weighted by Crippen LogP contribution is 2.23. The fraction of sp³-hybridized carbons (Fsp3) is 0.486. The third-order valence-electron chi connectivity index (χ3n) is 8.31. The lowest BCUT2D eigenvalue weighted by atomic mass is 9.97. The first-order valence-electron chi connectivity index (χ1n) is 16.3. The van der Waals surface area contributed by atoms with E-state index in [4.69, 9.17) is 0 Å². The number of hydrogen-bond donors (Lipinski definition) is 2. The first-order valence-corrected chi connectivity index (χ1v) is 18.6. The van der Waals surface area contributed by atoms with E-state index in [2.05, 4.69) is 10.3 Å². The molecule has 48 heavy (non-hydrogen) atoms. The highest BCUT2D eigenvalue weighted by Gasteiger charge is 2.40. The van der Waals surface area contributed by atoms with Crippen molar-refractivity contribution in [2.45, 2.75) is 77.6 Å². The molecule has 11 nitrogen and oxygen atoms in total. The zero-order chi connectivity index (χ0) is 35.2. The zero-order valence-corrected chi connectivity index (χ0v) is 30.1. The van der Waals surface area contributed by atoms with Crippen molar-refractivity contribution < 1.29 is 27.9 Å². The van der Waals surface area contributed by atoms with Gasteiger partial charge in [-0.25, -0.2) is 18.2 Å². The van der Waals surface area contributed by atoms with Crippen molar-refractivity contribution in [3.63, 3.8) is 0 Å². The number of ketones is 1. The molecule has 2 heterocycles. The predicted octanol–water partition coefficient (Wildman–Crippen LogP) is 4.35. The Morgan fingerprint density at radius 2 is 1.75 bits per heavy atom. The van der Waals surface area contributed by atoms with E-state index >= 15 is 0 Å². The summed E-state index contributed by atoms with van der Waals surface area (Å²) < 4.78 is 29.0. The Hall–Kier alpha value is -3.65. The van der Waals surface area contributed by atoms with Gasteiger partial charge < -0.3 is 20.2 Å². The number of amides is 3. The van der Waals surface area contributed by atoms with Crippen LogP contribution >= 0.6 is 11.3 Å². The fourth-order valence-corrected chi connectivity index (χ4v) is 8.22. The number of rotatable bonds is 16. The molecule has 1 unspecified atom stereocenters. The summed E-state index contributed by atoms with van der Waals surface area (Å²) in [5.41, 5.74) is 1.92. The molecule has 3 atom stereocenters. The summed E-state index contributed by atoms with van der Waals surface area (Å²) in [5.74, 6) is -0.994. The third-order valence-corrected chi connectivity index (χ3v) is 11.0. The molecular formula is C35H47N5O6S2. The smallest absolute Gasteiger partial charge is 0.321 e. The molecule has 0 bridgehead atoms. The van der Waals surface area contributed by atoms with Gasteiger partial charge in [0.05, 0.1) is 34.3 Å². The number of thiazole rings is 1. The van der Waals surface area contributed by atoms with Gasteiger partial charge in [-0.15, -0.1) is 11.3 Å². The molecule has 0 spiro atoms. The van der Waals surface area contributed by atoms with E-state index in [1.54, 1.807) is 15.9 Å². The van der Waals surface area contributed by atoms with Crippen molar-refractivity contribution in [1.82, 2.24) is 24.4 Å². The quantitative estimate of drug-likeness (QED) is 0.212. The topological polar surface area (TPSA) is 140 Å². The van der Waals surface area contributed by atoms with E-state index in [1.807, 2.05) is 70.3 Å². The number of aryl methyl sites for hydroxylation is 1. The average molecular weight is 698 g/mol. The number of benzene rings is 2. The van der Waals surface area contributed by atoms with E-state index in [-0.39, 0.29) is 53.6 Å². The van der Waals surface area contributed by atoms with Crippen LogP contribution in [0.4, 0.5) is 4.79 Å². The maximum atomic E-state index is 14.1.